The normalized spacial score (nSPS) is 17.9. The number of carboxylic acid groups (broad SMARTS) is 1. The highest BCUT2D eigenvalue weighted by atomic mass is 16.5. The first-order valence-electron chi connectivity index (χ1n) is 4.68. The molecule has 0 radical (unpaired) electrons. The summed E-state index contributed by atoms with van der Waals surface area (Å²) in [6.07, 6.45) is 3.32. The Hall–Kier alpha value is -1.62. The van der Waals surface area contributed by atoms with E-state index in [1.807, 2.05) is 0 Å². The molecule has 0 aromatic carbocycles. The Balaban J connectivity index is 1.95. The van der Waals surface area contributed by atoms with Gasteiger partial charge in [-0.05, 0) is 12.1 Å². The Labute approximate surface area is 87.1 Å². The van der Waals surface area contributed by atoms with Gasteiger partial charge in [-0.2, -0.15) is 0 Å². The van der Waals surface area contributed by atoms with Crippen molar-refractivity contribution in [1.29, 1.82) is 0 Å². The van der Waals surface area contributed by atoms with Crippen LogP contribution >= 0.6 is 0 Å². The maximum atomic E-state index is 11.0. The quantitative estimate of drug-likeness (QED) is 0.758. The predicted octanol–water partition coefficient (Wildman–Crippen LogP) is 0.595. The number of ether oxygens (including phenoxy) is 1. The number of pyridine rings is 1. The van der Waals surface area contributed by atoms with E-state index in [-0.39, 0.29) is 13.2 Å². The molecule has 2 N–H and O–H groups in total. The molecule has 5 nitrogen and oxygen atoms in total. The average Bonchev–Trinajstić information content (AvgIpc) is 2.17. The monoisotopic (exact) mass is 208 g/mol. The summed E-state index contributed by atoms with van der Waals surface area (Å²) < 4.78 is 4.95. The number of aliphatic carboxylic acids is 1. The Morgan fingerprint density at radius 3 is 2.67 bits per heavy atom. The molecule has 1 aliphatic rings. The van der Waals surface area contributed by atoms with Crippen molar-refractivity contribution in [3.63, 3.8) is 0 Å². The van der Waals surface area contributed by atoms with E-state index in [2.05, 4.69) is 10.3 Å². The molecule has 0 spiro atoms. The highest BCUT2D eigenvalue weighted by molar-refractivity contribution is 5.76. The van der Waals surface area contributed by atoms with Crippen molar-refractivity contribution < 1.29 is 14.6 Å². The maximum absolute atomic E-state index is 11.0. The SMILES string of the molecule is O=C(O)C1(CNc2ccncc2)COC1. The van der Waals surface area contributed by atoms with E-state index in [4.69, 9.17) is 9.84 Å². The zero-order valence-electron chi connectivity index (χ0n) is 8.14. The van der Waals surface area contributed by atoms with Gasteiger partial charge in [-0.15, -0.1) is 0 Å². The van der Waals surface area contributed by atoms with E-state index < -0.39 is 11.4 Å². The fourth-order valence-electron chi connectivity index (χ4n) is 1.39. The fraction of sp³-hybridized carbons (Fsp3) is 0.400. The lowest BCUT2D eigenvalue weighted by molar-refractivity contribution is -0.176. The summed E-state index contributed by atoms with van der Waals surface area (Å²) in [7, 11) is 0. The molecule has 2 heterocycles. The molecule has 0 saturated carbocycles. The highest BCUT2D eigenvalue weighted by Crippen LogP contribution is 2.28. The van der Waals surface area contributed by atoms with Crippen LogP contribution in [0.15, 0.2) is 24.5 Å². The third kappa shape index (κ3) is 1.92. The van der Waals surface area contributed by atoms with Crippen molar-refractivity contribution in [2.45, 2.75) is 0 Å². The maximum Gasteiger partial charge on any atom is 0.316 e. The molecule has 0 atom stereocenters. The highest BCUT2D eigenvalue weighted by Gasteiger charge is 2.46. The van der Waals surface area contributed by atoms with Crippen LogP contribution in [0.4, 0.5) is 5.69 Å². The zero-order valence-corrected chi connectivity index (χ0v) is 8.14. The third-order valence-electron chi connectivity index (χ3n) is 2.52. The van der Waals surface area contributed by atoms with Crippen LogP contribution in [0.5, 0.6) is 0 Å². The summed E-state index contributed by atoms with van der Waals surface area (Å²) in [5.41, 5.74) is 0.112. The molecule has 1 aliphatic heterocycles. The van der Waals surface area contributed by atoms with Gasteiger partial charge in [-0.25, -0.2) is 0 Å². The first-order valence-corrected chi connectivity index (χ1v) is 4.68. The van der Waals surface area contributed by atoms with Crippen LogP contribution in [0.3, 0.4) is 0 Å². The van der Waals surface area contributed by atoms with E-state index in [0.29, 0.717) is 6.54 Å². The van der Waals surface area contributed by atoms with Crippen LogP contribution in [0.1, 0.15) is 0 Å². The number of nitrogens with zero attached hydrogens (tertiary/aromatic N) is 1. The predicted molar refractivity (Wildman–Crippen MR) is 53.6 cm³/mol. The lowest BCUT2D eigenvalue weighted by Gasteiger charge is -2.37. The molecule has 1 aromatic rings. The minimum Gasteiger partial charge on any atom is -0.481 e. The van der Waals surface area contributed by atoms with Gasteiger partial charge in [0.05, 0.1) is 13.2 Å². The molecule has 0 bridgehead atoms. The molecule has 2 rings (SSSR count). The summed E-state index contributed by atoms with van der Waals surface area (Å²) in [6, 6.07) is 3.60. The third-order valence-corrected chi connectivity index (χ3v) is 2.52. The van der Waals surface area contributed by atoms with Gasteiger partial charge in [0.1, 0.15) is 5.41 Å². The standard InChI is InChI=1S/C10H12N2O3/c13-9(14)10(6-15-7-10)5-12-8-1-3-11-4-2-8/h1-4H,5-7H2,(H,11,12)(H,13,14). The van der Waals surface area contributed by atoms with Crippen molar-refractivity contribution in [3.8, 4) is 0 Å². The van der Waals surface area contributed by atoms with Crippen molar-refractivity contribution >= 4 is 11.7 Å². The second-order valence-corrected chi connectivity index (χ2v) is 3.67. The van der Waals surface area contributed by atoms with Crippen LogP contribution in [0, 0.1) is 5.41 Å². The van der Waals surface area contributed by atoms with Crippen molar-refractivity contribution in [2.24, 2.45) is 5.41 Å². The van der Waals surface area contributed by atoms with Crippen LogP contribution < -0.4 is 5.32 Å². The minimum absolute atomic E-state index is 0.278. The van der Waals surface area contributed by atoms with Gasteiger partial charge in [-0.1, -0.05) is 0 Å². The van der Waals surface area contributed by atoms with E-state index in [9.17, 15) is 4.79 Å². The number of carboxylic acids is 1. The molecular weight excluding hydrogens is 196 g/mol. The topological polar surface area (TPSA) is 71.5 Å². The number of rotatable bonds is 4. The molecule has 1 saturated heterocycles. The number of anilines is 1. The molecule has 1 fully saturated rings. The lowest BCUT2D eigenvalue weighted by atomic mass is 9.86. The van der Waals surface area contributed by atoms with Gasteiger partial charge in [0.15, 0.2) is 0 Å². The first-order chi connectivity index (χ1) is 7.23. The van der Waals surface area contributed by atoms with Gasteiger partial charge < -0.3 is 15.2 Å². The first kappa shape index (κ1) is 9.92. The number of hydrogen-bond donors (Lipinski definition) is 2. The molecule has 0 amide bonds. The fourth-order valence-corrected chi connectivity index (χ4v) is 1.39. The number of carbonyl (C=O) groups is 1. The molecule has 80 valence electrons. The second-order valence-electron chi connectivity index (χ2n) is 3.67. The summed E-state index contributed by atoms with van der Waals surface area (Å²) in [5, 5.41) is 12.1. The van der Waals surface area contributed by atoms with E-state index in [1.165, 1.54) is 0 Å². The van der Waals surface area contributed by atoms with E-state index in [1.54, 1.807) is 24.5 Å². The zero-order chi connectivity index (χ0) is 10.7. The second kappa shape index (κ2) is 3.86. The van der Waals surface area contributed by atoms with Crippen molar-refractivity contribution in [2.75, 3.05) is 25.1 Å². The number of nitrogens with one attached hydrogen (secondary N) is 1. The smallest absolute Gasteiger partial charge is 0.316 e. The molecule has 15 heavy (non-hydrogen) atoms. The summed E-state index contributed by atoms with van der Waals surface area (Å²) >= 11 is 0. The molecule has 0 aliphatic carbocycles. The Bertz CT molecular complexity index is 349. The van der Waals surface area contributed by atoms with Crippen LogP contribution in [0.2, 0.25) is 0 Å². The van der Waals surface area contributed by atoms with Crippen LogP contribution in [-0.4, -0.2) is 35.8 Å². The molecular formula is C10H12N2O3. The van der Waals surface area contributed by atoms with Crippen molar-refractivity contribution in [3.05, 3.63) is 24.5 Å². The largest absolute Gasteiger partial charge is 0.481 e. The van der Waals surface area contributed by atoms with E-state index in [0.717, 1.165) is 5.69 Å². The van der Waals surface area contributed by atoms with Gasteiger partial charge in [0, 0.05) is 24.6 Å². The van der Waals surface area contributed by atoms with Crippen LogP contribution in [-0.2, 0) is 9.53 Å². The summed E-state index contributed by atoms with van der Waals surface area (Å²) in [5.74, 6) is -0.810. The molecule has 0 unspecified atom stereocenters. The Morgan fingerprint density at radius 2 is 2.20 bits per heavy atom. The average molecular weight is 208 g/mol. The van der Waals surface area contributed by atoms with Crippen LogP contribution in [0.25, 0.3) is 0 Å². The van der Waals surface area contributed by atoms with Gasteiger partial charge in [0.25, 0.3) is 0 Å². The Morgan fingerprint density at radius 1 is 1.53 bits per heavy atom. The summed E-state index contributed by atoms with van der Waals surface area (Å²) in [6.45, 7) is 0.938. The van der Waals surface area contributed by atoms with Crippen molar-refractivity contribution in [1.82, 2.24) is 4.98 Å². The Kier molecular flexibility index (Phi) is 2.55. The van der Waals surface area contributed by atoms with E-state index >= 15 is 0 Å². The lowest BCUT2D eigenvalue weighted by Crippen LogP contribution is -2.53. The summed E-state index contributed by atoms with van der Waals surface area (Å²) in [4.78, 5) is 14.9. The molecule has 1 aromatic heterocycles. The van der Waals surface area contributed by atoms with Gasteiger partial charge >= 0.3 is 5.97 Å². The number of hydrogen-bond acceptors (Lipinski definition) is 4. The molecule has 5 heteroatoms. The van der Waals surface area contributed by atoms with Gasteiger partial charge in [-0.3, -0.25) is 9.78 Å². The minimum atomic E-state index is -0.810. The van der Waals surface area contributed by atoms with Gasteiger partial charge in [0.2, 0.25) is 0 Å². The number of aromatic nitrogens is 1.